The van der Waals surface area contributed by atoms with Gasteiger partial charge in [-0.2, -0.15) is 13.2 Å². The second-order valence-corrected chi connectivity index (χ2v) is 6.16. The fraction of sp³-hybridized carbons (Fsp3) is 0.294. The molecule has 1 aliphatic rings. The third-order valence-electron chi connectivity index (χ3n) is 4.49. The highest BCUT2D eigenvalue weighted by Gasteiger charge is 2.35. The van der Waals surface area contributed by atoms with Gasteiger partial charge in [-0.25, -0.2) is 4.98 Å². The third-order valence-corrected chi connectivity index (χ3v) is 4.49. The van der Waals surface area contributed by atoms with Crippen molar-refractivity contribution in [3.05, 3.63) is 63.5 Å². The van der Waals surface area contributed by atoms with Crippen LogP contribution in [0.1, 0.15) is 22.6 Å². The highest BCUT2D eigenvalue weighted by atomic mass is 19.4. The minimum atomic E-state index is -4.64. The Morgan fingerprint density at radius 1 is 1.24 bits per heavy atom. The van der Waals surface area contributed by atoms with Crippen molar-refractivity contribution in [2.24, 2.45) is 0 Å². The van der Waals surface area contributed by atoms with Gasteiger partial charge in [0, 0.05) is 43.2 Å². The normalized spacial score (nSPS) is 15.5. The number of fused-ring (bicyclic) bond motifs is 2. The average molecular weight is 348 g/mol. The quantitative estimate of drug-likeness (QED) is 0.748. The SMILES string of the molecule is O=c1[nH]c(C(F)(F)F)nc2c1CN(Cc1c[nH]c3ccccc13)CC2. The summed E-state index contributed by atoms with van der Waals surface area (Å²) in [4.78, 5) is 22.8. The van der Waals surface area contributed by atoms with Crippen molar-refractivity contribution in [3.8, 4) is 0 Å². The molecule has 0 aliphatic carbocycles. The number of aromatic nitrogens is 3. The molecule has 0 radical (unpaired) electrons. The third kappa shape index (κ3) is 2.93. The number of alkyl halides is 3. The topological polar surface area (TPSA) is 64.8 Å². The molecule has 0 unspecified atom stereocenters. The molecule has 4 rings (SSSR count). The van der Waals surface area contributed by atoms with E-state index >= 15 is 0 Å². The summed E-state index contributed by atoms with van der Waals surface area (Å²) in [5, 5.41) is 1.10. The number of H-pyrrole nitrogens is 2. The van der Waals surface area contributed by atoms with Gasteiger partial charge in [0.15, 0.2) is 0 Å². The number of rotatable bonds is 2. The van der Waals surface area contributed by atoms with E-state index in [0.29, 0.717) is 25.1 Å². The maximum Gasteiger partial charge on any atom is 0.449 e. The van der Waals surface area contributed by atoms with Crippen molar-refractivity contribution in [1.29, 1.82) is 0 Å². The largest absolute Gasteiger partial charge is 0.449 e. The van der Waals surface area contributed by atoms with E-state index in [4.69, 9.17) is 0 Å². The maximum absolute atomic E-state index is 12.8. The standard InChI is InChI=1S/C17H15F3N4O/c18-17(19,20)16-22-14-5-6-24(9-12(14)15(25)23-16)8-10-7-21-13-4-2-1-3-11(10)13/h1-4,7,21H,5-6,8-9H2,(H,22,23,25). The fourth-order valence-corrected chi connectivity index (χ4v) is 3.25. The molecule has 130 valence electrons. The first-order valence-corrected chi connectivity index (χ1v) is 7.88. The summed E-state index contributed by atoms with van der Waals surface area (Å²) >= 11 is 0. The molecule has 0 saturated heterocycles. The Hall–Kier alpha value is -2.61. The molecule has 1 aromatic carbocycles. The lowest BCUT2D eigenvalue weighted by Crippen LogP contribution is -2.36. The monoisotopic (exact) mass is 348 g/mol. The molecule has 0 atom stereocenters. The Labute approximate surface area is 140 Å². The van der Waals surface area contributed by atoms with Gasteiger partial charge in [0.2, 0.25) is 5.82 Å². The lowest BCUT2D eigenvalue weighted by atomic mass is 10.1. The predicted molar refractivity (Wildman–Crippen MR) is 86.0 cm³/mol. The molecule has 25 heavy (non-hydrogen) atoms. The highest BCUT2D eigenvalue weighted by molar-refractivity contribution is 5.82. The smallest absolute Gasteiger partial charge is 0.361 e. The molecular weight excluding hydrogens is 333 g/mol. The number of halogens is 3. The van der Waals surface area contributed by atoms with Gasteiger partial charge in [-0.1, -0.05) is 18.2 Å². The second kappa shape index (κ2) is 5.73. The zero-order valence-corrected chi connectivity index (χ0v) is 13.2. The molecule has 3 aromatic rings. The van der Waals surface area contributed by atoms with Crippen LogP contribution in [0.2, 0.25) is 0 Å². The Morgan fingerprint density at radius 3 is 2.84 bits per heavy atom. The van der Waals surface area contributed by atoms with E-state index in [-0.39, 0.29) is 12.2 Å². The summed E-state index contributed by atoms with van der Waals surface area (Å²) in [6, 6.07) is 7.91. The van der Waals surface area contributed by atoms with Crippen LogP contribution in [-0.2, 0) is 25.7 Å². The average Bonchev–Trinajstić information content (AvgIpc) is 2.98. The zero-order chi connectivity index (χ0) is 17.6. The van der Waals surface area contributed by atoms with E-state index in [1.165, 1.54) is 0 Å². The molecule has 0 spiro atoms. The van der Waals surface area contributed by atoms with E-state index in [1.54, 1.807) is 0 Å². The van der Waals surface area contributed by atoms with Crippen LogP contribution in [0.5, 0.6) is 0 Å². The van der Waals surface area contributed by atoms with E-state index in [1.807, 2.05) is 40.3 Å². The lowest BCUT2D eigenvalue weighted by molar-refractivity contribution is -0.145. The van der Waals surface area contributed by atoms with Crippen LogP contribution in [0.25, 0.3) is 10.9 Å². The first-order chi connectivity index (χ1) is 11.9. The fourth-order valence-electron chi connectivity index (χ4n) is 3.25. The Balaban J connectivity index is 1.60. The van der Waals surface area contributed by atoms with E-state index < -0.39 is 17.6 Å². The first-order valence-electron chi connectivity index (χ1n) is 7.88. The van der Waals surface area contributed by atoms with E-state index in [2.05, 4.69) is 9.97 Å². The van der Waals surface area contributed by atoms with Gasteiger partial charge in [-0.3, -0.25) is 9.69 Å². The number of nitrogens with one attached hydrogen (secondary N) is 2. The molecule has 5 nitrogen and oxygen atoms in total. The number of nitrogens with zero attached hydrogens (tertiary/aromatic N) is 2. The Morgan fingerprint density at radius 2 is 2.04 bits per heavy atom. The van der Waals surface area contributed by atoms with Gasteiger partial charge < -0.3 is 9.97 Å². The van der Waals surface area contributed by atoms with E-state index in [9.17, 15) is 18.0 Å². The summed E-state index contributed by atoms with van der Waals surface area (Å²) in [6.07, 6.45) is -2.39. The number of aromatic amines is 2. The van der Waals surface area contributed by atoms with Gasteiger partial charge in [-0.15, -0.1) is 0 Å². The summed E-state index contributed by atoms with van der Waals surface area (Å²) in [5.41, 5.74) is 1.98. The van der Waals surface area contributed by atoms with Crippen LogP contribution < -0.4 is 5.56 Å². The molecule has 0 saturated carbocycles. The predicted octanol–water partition coefficient (Wildman–Crippen LogP) is 2.83. The van der Waals surface area contributed by atoms with Crippen LogP contribution in [0.3, 0.4) is 0 Å². The summed E-state index contributed by atoms with van der Waals surface area (Å²) in [6.45, 7) is 1.46. The number of hydrogen-bond acceptors (Lipinski definition) is 3. The van der Waals surface area contributed by atoms with Crippen molar-refractivity contribution in [1.82, 2.24) is 19.9 Å². The number of hydrogen-bond donors (Lipinski definition) is 2. The van der Waals surface area contributed by atoms with Crippen molar-refractivity contribution in [2.75, 3.05) is 6.54 Å². The number of benzene rings is 1. The van der Waals surface area contributed by atoms with Gasteiger partial charge in [0.25, 0.3) is 5.56 Å². The van der Waals surface area contributed by atoms with E-state index in [0.717, 1.165) is 16.5 Å². The minimum absolute atomic E-state index is 0.242. The zero-order valence-electron chi connectivity index (χ0n) is 13.2. The van der Waals surface area contributed by atoms with Crippen LogP contribution in [-0.4, -0.2) is 26.4 Å². The lowest BCUT2D eigenvalue weighted by Gasteiger charge is -2.27. The van der Waals surface area contributed by atoms with Gasteiger partial charge in [-0.05, 0) is 11.6 Å². The molecular formula is C17H15F3N4O. The maximum atomic E-state index is 12.8. The summed E-state index contributed by atoms with van der Waals surface area (Å²) < 4.78 is 38.3. The second-order valence-electron chi connectivity index (χ2n) is 6.16. The molecule has 2 N–H and O–H groups in total. The number of para-hydroxylation sites is 1. The Bertz CT molecular complexity index is 989. The molecule has 3 heterocycles. The van der Waals surface area contributed by atoms with Gasteiger partial charge in [0.05, 0.1) is 11.3 Å². The summed E-state index contributed by atoms with van der Waals surface area (Å²) in [7, 11) is 0. The molecule has 0 amide bonds. The highest BCUT2D eigenvalue weighted by Crippen LogP contribution is 2.27. The summed E-state index contributed by atoms with van der Waals surface area (Å²) in [5.74, 6) is -1.22. The van der Waals surface area contributed by atoms with Gasteiger partial charge >= 0.3 is 6.18 Å². The molecule has 0 bridgehead atoms. The van der Waals surface area contributed by atoms with Crippen molar-refractivity contribution < 1.29 is 13.2 Å². The molecule has 0 fully saturated rings. The van der Waals surface area contributed by atoms with Crippen LogP contribution in [0, 0.1) is 0 Å². The van der Waals surface area contributed by atoms with Crippen molar-refractivity contribution in [2.45, 2.75) is 25.7 Å². The van der Waals surface area contributed by atoms with Crippen molar-refractivity contribution in [3.63, 3.8) is 0 Å². The van der Waals surface area contributed by atoms with Crippen LogP contribution in [0.4, 0.5) is 13.2 Å². The Kier molecular flexibility index (Phi) is 3.64. The molecule has 8 heteroatoms. The van der Waals surface area contributed by atoms with Crippen LogP contribution in [0.15, 0.2) is 35.3 Å². The minimum Gasteiger partial charge on any atom is -0.361 e. The molecule has 2 aromatic heterocycles. The van der Waals surface area contributed by atoms with Gasteiger partial charge in [0.1, 0.15) is 0 Å². The van der Waals surface area contributed by atoms with Crippen LogP contribution >= 0.6 is 0 Å². The van der Waals surface area contributed by atoms with Crippen molar-refractivity contribution >= 4 is 10.9 Å². The molecule has 1 aliphatic heterocycles. The first kappa shape index (κ1) is 15.9.